The molecule has 1 fully saturated rings. The highest BCUT2D eigenvalue weighted by Crippen LogP contribution is 2.34. The van der Waals surface area contributed by atoms with E-state index in [1.165, 1.54) is 24.1 Å². The van der Waals surface area contributed by atoms with Crippen LogP contribution < -0.4 is 14.4 Å². The van der Waals surface area contributed by atoms with Crippen LogP contribution in [0.5, 0.6) is 5.75 Å². The number of aryl methyl sites for hydroxylation is 1. The van der Waals surface area contributed by atoms with Gasteiger partial charge in [-0.15, -0.1) is 0 Å². The molecule has 1 aliphatic carbocycles. The fraction of sp³-hybridized carbons (Fsp3) is 0.316. The van der Waals surface area contributed by atoms with Crippen molar-refractivity contribution < 1.29 is 22.7 Å². The molecule has 0 bridgehead atoms. The van der Waals surface area contributed by atoms with E-state index in [-0.39, 0.29) is 41.2 Å². The highest BCUT2D eigenvalue weighted by molar-refractivity contribution is 7.92. The molecule has 49 heavy (non-hydrogen) atoms. The third-order valence-corrected chi connectivity index (χ3v) is 11.3. The zero-order valence-corrected chi connectivity index (χ0v) is 30.0. The van der Waals surface area contributed by atoms with Crippen LogP contribution in [0.1, 0.15) is 48.8 Å². The molecule has 258 valence electrons. The number of carbonyl (C=O) groups excluding carboxylic acids is 2. The monoisotopic (exact) mass is 721 g/mol. The number of anilines is 1. The second-order valence-electron chi connectivity index (χ2n) is 12.3. The molecule has 0 saturated heterocycles. The minimum absolute atomic E-state index is 0.00652. The molecule has 4 aromatic rings. The van der Waals surface area contributed by atoms with Gasteiger partial charge in [0.05, 0.1) is 27.7 Å². The van der Waals surface area contributed by atoms with Gasteiger partial charge in [-0.1, -0.05) is 103 Å². The summed E-state index contributed by atoms with van der Waals surface area (Å²) < 4.78 is 35.4. The lowest BCUT2D eigenvalue weighted by atomic mass is 9.94. The first-order valence-corrected chi connectivity index (χ1v) is 18.6. The maximum Gasteiger partial charge on any atom is 0.264 e. The van der Waals surface area contributed by atoms with E-state index in [0.717, 1.165) is 47.5 Å². The number of rotatable bonds is 13. The number of halogens is 2. The lowest BCUT2D eigenvalue weighted by molar-refractivity contribution is -0.140. The van der Waals surface area contributed by atoms with Crippen molar-refractivity contribution in [2.24, 2.45) is 0 Å². The minimum atomic E-state index is -4.28. The molecule has 1 N–H and O–H groups in total. The molecular weight excluding hydrogens is 681 g/mol. The molecule has 8 nitrogen and oxygen atoms in total. The van der Waals surface area contributed by atoms with Gasteiger partial charge in [-0.25, -0.2) is 8.42 Å². The standard InChI is InChI=1S/C38H41Cl2N3O5S/c1-27-18-21-36(48-2)34(22-27)43(49(46,47)31-16-10-5-11-17-31)26-37(44)42(25-29-19-20-32(39)33(40)23-29)35(24-28-12-6-3-7-13-28)38(45)41-30-14-8-4-9-15-30/h3,5-7,10-13,16-23,30,35H,4,8-9,14-15,24-26H2,1-2H3,(H,41,45)/t35-/m0/s1. The first-order chi connectivity index (χ1) is 23.6. The summed E-state index contributed by atoms with van der Waals surface area (Å²) in [6, 6.07) is 26.6. The summed E-state index contributed by atoms with van der Waals surface area (Å²) in [5.41, 5.74) is 2.47. The van der Waals surface area contributed by atoms with Gasteiger partial charge < -0.3 is 15.0 Å². The fourth-order valence-corrected chi connectivity index (χ4v) is 7.92. The van der Waals surface area contributed by atoms with Gasteiger partial charge in [0.2, 0.25) is 11.8 Å². The number of sulfonamides is 1. The number of ether oxygens (including phenoxy) is 1. The third-order valence-electron chi connectivity index (χ3n) is 8.77. The van der Waals surface area contributed by atoms with E-state index in [1.807, 2.05) is 37.3 Å². The van der Waals surface area contributed by atoms with Crippen LogP contribution in [0.4, 0.5) is 5.69 Å². The lowest BCUT2D eigenvalue weighted by Gasteiger charge is -2.35. The Labute approximate surface area is 299 Å². The Morgan fingerprint density at radius 3 is 2.18 bits per heavy atom. The quantitative estimate of drug-likeness (QED) is 0.154. The summed E-state index contributed by atoms with van der Waals surface area (Å²) in [6.07, 6.45) is 5.10. The van der Waals surface area contributed by atoms with Gasteiger partial charge in [0.1, 0.15) is 18.3 Å². The first-order valence-electron chi connectivity index (χ1n) is 16.4. The number of hydrogen-bond donors (Lipinski definition) is 1. The van der Waals surface area contributed by atoms with Crippen molar-refractivity contribution in [2.45, 2.75) is 69.0 Å². The summed E-state index contributed by atoms with van der Waals surface area (Å²) in [7, 11) is -2.83. The molecule has 11 heteroatoms. The first kappa shape index (κ1) is 36.2. The molecule has 0 unspecified atom stereocenters. The average Bonchev–Trinajstić information content (AvgIpc) is 3.11. The number of nitrogens with one attached hydrogen (secondary N) is 1. The van der Waals surface area contributed by atoms with Crippen molar-refractivity contribution in [1.82, 2.24) is 10.2 Å². The Morgan fingerprint density at radius 2 is 1.53 bits per heavy atom. The Morgan fingerprint density at radius 1 is 0.857 bits per heavy atom. The van der Waals surface area contributed by atoms with Crippen LogP contribution in [-0.2, 0) is 32.6 Å². The molecule has 1 aliphatic rings. The maximum absolute atomic E-state index is 14.8. The lowest BCUT2D eigenvalue weighted by Crippen LogP contribution is -2.55. The van der Waals surface area contributed by atoms with Gasteiger partial charge in [-0.05, 0) is 72.9 Å². The predicted molar refractivity (Wildman–Crippen MR) is 195 cm³/mol. The Hall–Kier alpha value is -4.05. The van der Waals surface area contributed by atoms with Crippen molar-refractivity contribution in [3.05, 3.63) is 124 Å². The number of amides is 2. The van der Waals surface area contributed by atoms with Gasteiger partial charge in [0.15, 0.2) is 0 Å². The van der Waals surface area contributed by atoms with E-state index < -0.39 is 28.5 Å². The van der Waals surface area contributed by atoms with E-state index in [9.17, 15) is 18.0 Å². The number of carbonyl (C=O) groups is 2. The molecule has 2 amide bonds. The summed E-state index contributed by atoms with van der Waals surface area (Å²) in [4.78, 5) is 30.6. The minimum Gasteiger partial charge on any atom is -0.495 e. The Balaban J connectivity index is 1.61. The van der Waals surface area contributed by atoms with Crippen LogP contribution in [0.3, 0.4) is 0 Å². The summed E-state index contributed by atoms with van der Waals surface area (Å²) >= 11 is 12.6. The number of nitrogens with zero attached hydrogens (tertiary/aromatic N) is 2. The number of methoxy groups -OCH3 is 1. The van der Waals surface area contributed by atoms with Crippen LogP contribution in [-0.4, -0.2) is 50.9 Å². The van der Waals surface area contributed by atoms with Crippen LogP contribution >= 0.6 is 23.2 Å². The van der Waals surface area contributed by atoms with Crippen molar-refractivity contribution >= 4 is 50.7 Å². The topological polar surface area (TPSA) is 96.0 Å². The van der Waals surface area contributed by atoms with Crippen LogP contribution in [0.2, 0.25) is 10.0 Å². The van der Waals surface area contributed by atoms with Gasteiger partial charge >= 0.3 is 0 Å². The third kappa shape index (κ3) is 9.15. The van der Waals surface area contributed by atoms with E-state index in [1.54, 1.807) is 54.6 Å². The molecule has 1 atom stereocenters. The molecule has 1 saturated carbocycles. The molecule has 4 aromatic carbocycles. The van der Waals surface area contributed by atoms with Crippen LogP contribution in [0.15, 0.2) is 102 Å². The van der Waals surface area contributed by atoms with Gasteiger partial charge in [-0.2, -0.15) is 0 Å². The normalized spacial score (nSPS) is 14.1. The highest BCUT2D eigenvalue weighted by Gasteiger charge is 2.36. The van der Waals surface area contributed by atoms with E-state index in [0.29, 0.717) is 15.6 Å². The summed E-state index contributed by atoms with van der Waals surface area (Å²) in [5.74, 6) is -0.589. The molecule has 0 radical (unpaired) electrons. The zero-order valence-electron chi connectivity index (χ0n) is 27.6. The van der Waals surface area contributed by atoms with Crippen molar-refractivity contribution in [2.75, 3.05) is 18.0 Å². The summed E-state index contributed by atoms with van der Waals surface area (Å²) in [5, 5.41) is 3.87. The summed E-state index contributed by atoms with van der Waals surface area (Å²) in [6.45, 7) is 1.22. The number of hydrogen-bond acceptors (Lipinski definition) is 5. The van der Waals surface area contributed by atoms with Crippen molar-refractivity contribution in [3.63, 3.8) is 0 Å². The largest absolute Gasteiger partial charge is 0.495 e. The molecule has 0 aromatic heterocycles. The predicted octanol–water partition coefficient (Wildman–Crippen LogP) is 7.59. The Kier molecular flexibility index (Phi) is 12.3. The van der Waals surface area contributed by atoms with E-state index >= 15 is 0 Å². The molecule has 0 heterocycles. The molecule has 0 spiro atoms. The van der Waals surface area contributed by atoms with Crippen LogP contribution in [0, 0.1) is 6.92 Å². The molecular formula is C38H41Cl2N3O5S. The maximum atomic E-state index is 14.8. The van der Waals surface area contributed by atoms with Crippen LogP contribution in [0.25, 0.3) is 0 Å². The number of benzene rings is 4. The van der Waals surface area contributed by atoms with E-state index in [4.69, 9.17) is 27.9 Å². The second kappa shape index (κ2) is 16.6. The van der Waals surface area contributed by atoms with Crippen molar-refractivity contribution in [3.8, 4) is 5.75 Å². The average molecular weight is 723 g/mol. The van der Waals surface area contributed by atoms with Crippen molar-refractivity contribution in [1.29, 1.82) is 0 Å². The zero-order chi connectivity index (χ0) is 35.0. The smallest absolute Gasteiger partial charge is 0.264 e. The van der Waals surface area contributed by atoms with E-state index in [2.05, 4.69) is 5.32 Å². The van der Waals surface area contributed by atoms with Gasteiger partial charge in [0.25, 0.3) is 10.0 Å². The Bertz CT molecular complexity index is 1850. The van der Waals surface area contributed by atoms with Gasteiger partial charge in [0, 0.05) is 19.0 Å². The molecule has 5 rings (SSSR count). The molecule has 0 aliphatic heterocycles. The fourth-order valence-electron chi connectivity index (χ4n) is 6.16. The highest BCUT2D eigenvalue weighted by atomic mass is 35.5. The SMILES string of the molecule is COc1ccc(C)cc1N(CC(=O)N(Cc1ccc(Cl)c(Cl)c1)[C@@H](Cc1ccccc1)C(=O)NC1CCCCC1)S(=O)(=O)c1ccccc1. The van der Waals surface area contributed by atoms with Gasteiger partial charge in [-0.3, -0.25) is 13.9 Å². The second-order valence-corrected chi connectivity index (χ2v) is 15.0.